The maximum atomic E-state index is 12.2. The van der Waals surface area contributed by atoms with Gasteiger partial charge in [-0.3, -0.25) is 4.79 Å². The number of rotatable bonds is 10. The maximum absolute atomic E-state index is 12.2. The van der Waals surface area contributed by atoms with Crippen LogP contribution in [0.3, 0.4) is 0 Å². The van der Waals surface area contributed by atoms with Gasteiger partial charge in [0.05, 0.1) is 36.1 Å². The minimum Gasteiger partial charge on any atom is -0.497 e. The lowest BCUT2D eigenvalue weighted by molar-refractivity contribution is -0.118. The van der Waals surface area contributed by atoms with E-state index in [1.54, 1.807) is 25.6 Å². The number of ether oxygens (including phenoxy) is 2. The highest BCUT2D eigenvalue weighted by Gasteiger charge is 2.16. The van der Waals surface area contributed by atoms with Crippen molar-refractivity contribution in [2.45, 2.75) is 18.4 Å². The normalized spacial score (nSPS) is 10.7. The van der Waals surface area contributed by atoms with Crippen LogP contribution in [-0.2, 0) is 11.2 Å². The van der Waals surface area contributed by atoms with E-state index in [0.717, 1.165) is 50.3 Å². The number of thiazole rings is 1. The molecule has 7 nitrogen and oxygen atoms in total. The zero-order valence-electron chi connectivity index (χ0n) is 19.8. The van der Waals surface area contributed by atoms with E-state index in [9.17, 15) is 4.79 Å². The molecule has 9 heteroatoms. The number of carbonyl (C=O) groups is 1. The number of nitrogens with one attached hydrogen (secondary N) is 1. The van der Waals surface area contributed by atoms with Gasteiger partial charge in [0.2, 0.25) is 5.91 Å². The molecule has 35 heavy (non-hydrogen) atoms. The van der Waals surface area contributed by atoms with Crippen LogP contribution in [-0.4, -0.2) is 47.6 Å². The monoisotopic (exact) mass is 506 g/mol. The number of aromatic nitrogens is 3. The number of nitrogens with zero attached hydrogens (tertiary/aromatic N) is 3. The fraction of sp³-hybridized carbons (Fsp3) is 0.231. The highest BCUT2D eigenvalue weighted by molar-refractivity contribution is 7.99. The first-order valence-electron chi connectivity index (χ1n) is 11.0. The van der Waals surface area contributed by atoms with Crippen LogP contribution in [0.25, 0.3) is 21.1 Å². The van der Waals surface area contributed by atoms with Crippen LogP contribution in [0.15, 0.2) is 65.7 Å². The van der Waals surface area contributed by atoms with Gasteiger partial charge in [0.25, 0.3) is 0 Å². The van der Waals surface area contributed by atoms with Crippen molar-refractivity contribution in [2.24, 2.45) is 0 Å². The van der Waals surface area contributed by atoms with Crippen molar-refractivity contribution >= 4 is 29.0 Å². The Morgan fingerprint density at radius 3 is 2.51 bits per heavy atom. The lowest BCUT2D eigenvalue weighted by Gasteiger charge is -2.06. The molecule has 180 valence electrons. The Kier molecular flexibility index (Phi) is 8.33. The molecule has 0 spiro atoms. The van der Waals surface area contributed by atoms with Crippen LogP contribution in [0.4, 0.5) is 0 Å². The topological polar surface area (TPSA) is 86.2 Å². The summed E-state index contributed by atoms with van der Waals surface area (Å²) in [6, 6.07) is 19.5. The molecule has 0 fully saturated rings. The summed E-state index contributed by atoms with van der Waals surface area (Å²) < 4.78 is 10.6. The summed E-state index contributed by atoms with van der Waals surface area (Å²) in [4.78, 5) is 17.9. The van der Waals surface area contributed by atoms with Gasteiger partial charge in [-0.1, -0.05) is 36.0 Å². The zero-order chi connectivity index (χ0) is 24.6. The second-order valence-electron chi connectivity index (χ2n) is 7.63. The van der Waals surface area contributed by atoms with Gasteiger partial charge in [-0.2, -0.15) is 0 Å². The molecule has 0 atom stereocenters. The first-order valence-corrected chi connectivity index (χ1v) is 12.8. The van der Waals surface area contributed by atoms with Crippen molar-refractivity contribution in [2.75, 3.05) is 26.5 Å². The number of benzene rings is 2. The highest BCUT2D eigenvalue weighted by Crippen LogP contribution is 2.38. The minimum absolute atomic E-state index is 0.0332. The summed E-state index contributed by atoms with van der Waals surface area (Å²) in [7, 11) is 3.30. The Hall–Kier alpha value is -3.43. The molecular formula is C26H26N4O3S2. The molecule has 0 saturated heterocycles. The van der Waals surface area contributed by atoms with Crippen molar-refractivity contribution < 1.29 is 14.3 Å². The predicted molar refractivity (Wildman–Crippen MR) is 140 cm³/mol. The number of para-hydroxylation sites is 1. The van der Waals surface area contributed by atoms with Crippen LogP contribution in [0.5, 0.6) is 11.5 Å². The molecule has 0 aliphatic rings. The van der Waals surface area contributed by atoms with Crippen molar-refractivity contribution in [1.29, 1.82) is 0 Å². The second kappa shape index (κ2) is 11.8. The smallest absolute Gasteiger partial charge is 0.230 e. The summed E-state index contributed by atoms with van der Waals surface area (Å²) in [6.07, 6.45) is 0.764. The van der Waals surface area contributed by atoms with Gasteiger partial charge in [-0.15, -0.1) is 21.5 Å². The molecule has 0 bridgehead atoms. The van der Waals surface area contributed by atoms with E-state index in [0.29, 0.717) is 11.6 Å². The van der Waals surface area contributed by atoms with E-state index in [2.05, 4.69) is 15.5 Å². The van der Waals surface area contributed by atoms with E-state index in [1.807, 2.05) is 67.6 Å². The minimum atomic E-state index is -0.0332. The Balaban J connectivity index is 1.30. The van der Waals surface area contributed by atoms with Gasteiger partial charge in [-0.05, 0) is 55.3 Å². The number of methoxy groups -OCH3 is 2. The van der Waals surface area contributed by atoms with Crippen molar-refractivity contribution in [3.8, 4) is 32.6 Å². The average Bonchev–Trinajstić information content (AvgIpc) is 3.29. The van der Waals surface area contributed by atoms with Crippen molar-refractivity contribution in [3.05, 3.63) is 71.9 Å². The first-order chi connectivity index (χ1) is 17.1. The maximum Gasteiger partial charge on any atom is 0.230 e. The molecule has 4 rings (SSSR count). The van der Waals surface area contributed by atoms with E-state index in [-0.39, 0.29) is 11.7 Å². The molecule has 0 aliphatic carbocycles. The van der Waals surface area contributed by atoms with Gasteiger partial charge in [0.15, 0.2) is 0 Å². The van der Waals surface area contributed by atoms with E-state index < -0.39 is 0 Å². The number of hydrogen-bond donors (Lipinski definition) is 1. The summed E-state index contributed by atoms with van der Waals surface area (Å²) in [5.41, 5.74) is 3.75. The third-order valence-electron chi connectivity index (χ3n) is 5.25. The fourth-order valence-corrected chi connectivity index (χ4v) is 5.12. The quantitative estimate of drug-likeness (QED) is 0.302. The van der Waals surface area contributed by atoms with Crippen LogP contribution < -0.4 is 14.8 Å². The zero-order valence-corrected chi connectivity index (χ0v) is 21.4. The van der Waals surface area contributed by atoms with Crippen molar-refractivity contribution in [1.82, 2.24) is 20.5 Å². The molecule has 2 aromatic carbocycles. The molecule has 0 unspecified atom stereocenters. The van der Waals surface area contributed by atoms with Gasteiger partial charge in [-0.25, -0.2) is 4.98 Å². The second-order valence-corrected chi connectivity index (χ2v) is 9.62. The Morgan fingerprint density at radius 1 is 1.00 bits per heavy atom. The Labute approximate surface area is 212 Å². The van der Waals surface area contributed by atoms with E-state index in [1.165, 1.54) is 11.8 Å². The highest BCUT2D eigenvalue weighted by atomic mass is 32.2. The molecule has 1 N–H and O–H groups in total. The van der Waals surface area contributed by atoms with Crippen LogP contribution in [0.2, 0.25) is 0 Å². The van der Waals surface area contributed by atoms with Crippen molar-refractivity contribution in [3.63, 3.8) is 0 Å². The Bertz CT molecular complexity index is 1270. The molecule has 2 heterocycles. The molecule has 4 aromatic rings. The number of hydrogen-bond acceptors (Lipinski definition) is 8. The number of aryl methyl sites for hydroxylation is 1. The molecule has 0 aliphatic heterocycles. The van der Waals surface area contributed by atoms with E-state index in [4.69, 9.17) is 14.5 Å². The average molecular weight is 507 g/mol. The lowest BCUT2D eigenvalue weighted by Crippen LogP contribution is -2.27. The molecule has 1 amide bonds. The fourth-order valence-electron chi connectivity index (χ4n) is 3.42. The predicted octanol–water partition coefficient (Wildman–Crippen LogP) is 5.04. The summed E-state index contributed by atoms with van der Waals surface area (Å²) in [6.45, 7) is 2.54. The van der Waals surface area contributed by atoms with Crippen LogP contribution >= 0.6 is 23.1 Å². The Morgan fingerprint density at radius 2 is 1.80 bits per heavy atom. The van der Waals surface area contributed by atoms with Gasteiger partial charge < -0.3 is 14.8 Å². The third-order valence-corrected chi connectivity index (χ3v) is 7.39. The molecule has 2 aromatic heterocycles. The number of carbonyl (C=O) groups excluding carboxylic acids is 1. The number of amides is 1. The van der Waals surface area contributed by atoms with Gasteiger partial charge >= 0.3 is 0 Å². The largest absolute Gasteiger partial charge is 0.497 e. The van der Waals surface area contributed by atoms with E-state index >= 15 is 0 Å². The summed E-state index contributed by atoms with van der Waals surface area (Å²) in [5.74, 6) is 1.86. The van der Waals surface area contributed by atoms with Crippen LogP contribution in [0.1, 0.15) is 11.3 Å². The lowest BCUT2D eigenvalue weighted by atomic mass is 10.1. The third kappa shape index (κ3) is 6.37. The molecule has 0 radical (unpaired) electrons. The molecular weight excluding hydrogens is 480 g/mol. The summed E-state index contributed by atoms with van der Waals surface area (Å²) in [5, 5.41) is 13.2. The number of thioether (sulfide) groups is 1. The van der Waals surface area contributed by atoms with Crippen LogP contribution in [0, 0.1) is 6.92 Å². The summed E-state index contributed by atoms with van der Waals surface area (Å²) >= 11 is 2.92. The SMILES string of the molecule is COc1ccc(CCNC(=O)CSc2ccc(-c3sc(-c4ccccc4OC)nc3C)nn2)cc1. The molecule has 0 saturated carbocycles. The van der Waals surface area contributed by atoms with Gasteiger partial charge in [0, 0.05) is 6.54 Å². The standard InChI is InChI=1S/C26H26N4O3S2/c1-17-25(35-26(28-17)20-6-4-5-7-22(20)33-3)21-12-13-24(30-29-21)34-16-23(31)27-15-14-18-8-10-19(32-2)11-9-18/h4-13H,14-16H2,1-3H3,(H,27,31). The first kappa shape index (κ1) is 24.7. The van der Waals surface area contributed by atoms with Gasteiger partial charge in [0.1, 0.15) is 27.2 Å².